The van der Waals surface area contributed by atoms with E-state index >= 15 is 9.59 Å². The summed E-state index contributed by atoms with van der Waals surface area (Å²) in [6.45, 7) is 3.68. The molecule has 114 heavy (non-hydrogen) atoms. The third kappa shape index (κ3) is 31.0. The Balaban J connectivity index is 1.21. The molecular formula is C80H109N17O16S. The Morgan fingerprint density at radius 1 is 0.412 bits per heavy atom. The van der Waals surface area contributed by atoms with E-state index < -0.39 is 162 Å². The normalized spacial score (nSPS) is 14.6. The number of phenols is 1. The lowest BCUT2D eigenvalue weighted by Crippen LogP contribution is -2.63. The van der Waals surface area contributed by atoms with Gasteiger partial charge in [0.15, 0.2) is 0 Å². The topological polar surface area (TPSA) is 547 Å². The van der Waals surface area contributed by atoms with Gasteiger partial charge in [0.1, 0.15) is 66.2 Å². The lowest BCUT2D eigenvalue weighted by Gasteiger charge is -2.29. The van der Waals surface area contributed by atoms with Crippen LogP contribution in [0.4, 0.5) is 0 Å². The number of hydrogen-bond acceptors (Lipinski definition) is 20. The predicted molar refractivity (Wildman–Crippen MR) is 429 cm³/mol. The Kier molecular flexibility index (Phi) is 38.5. The van der Waals surface area contributed by atoms with Crippen molar-refractivity contribution >= 4 is 100 Å². The van der Waals surface area contributed by atoms with Gasteiger partial charge in [-0.1, -0.05) is 121 Å². The Hall–Kier alpha value is -11.3. The number of nitrogens with two attached hydrogens (primary N) is 4. The summed E-state index contributed by atoms with van der Waals surface area (Å²) in [4.78, 5) is 184. The maximum absolute atomic E-state index is 15.3. The van der Waals surface area contributed by atoms with Crippen LogP contribution in [0.15, 0.2) is 146 Å². The lowest BCUT2D eigenvalue weighted by atomic mass is 9.99. The highest BCUT2D eigenvalue weighted by Gasteiger charge is 2.38. The Morgan fingerprint density at radius 3 is 1.25 bits per heavy atom. The first-order valence-electron chi connectivity index (χ1n) is 38.0. The number of H-pyrrole nitrogens is 1. The van der Waals surface area contributed by atoms with Crippen molar-refractivity contribution in [2.75, 3.05) is 31.9 Å². The van der Waals surface area contributed by atoms with Crippen molar-refractivity contribution in [1.29, 1.82) is 0 Å². The monoisotopic (exact) mass is 1600 g/mol. The third-order valence-electron chi connectivity index (χ3n) is 18.7. The van der Waals surface area contributed by atoms with E-state index in [1.807, 2.05) is 0 Å². The molecule has 0 bridgehead atoms. The maximum Gasteiger partial charge on any atom is 0.245 e. The van der Waals surface area contributed by atoms with Crippen molar-refractivity contribution < 1.29 is 77.6 Å². The molecule has 0 fully saturated rings. The number of aliphatic hydroxyl groups is 2. The number of benzene rings is 5. The Bertz CT molecular complexity index is 4140. The van der Waals surface area contributed by atoms with Crippen molar-refractivity contribution in [3.63, 3.8) is 0 Å². The van der Waals surface area contributed by atoms with Crippen LogP contribution >= 0.6 is 12.6 Å². The number of nitrogens with one attached hydrogen (secondary N) is 13. The Labute approximate surface area is 667 Å². The molecule has 0 radical (unpaired) electrons. The number of rotatable bonds is 49. The van der Waals surface area contributed by atoms with Gasteiger partial charge in [0.05, 0.1) is 24.8 Å². The van der Waals surface area contributed by atoms with Crippen LogP contribution in [0.25, 0.3) is 10.9 Å². The van der Waals surface area contributed by atoms with Crippen LogP contribution in [0, 0.1) is 0 Å². The largest absolute Gasteiger partial charge is 0.508 e. The summed E-state index contributed by atoms with van der Waals surface area (Å²) in [5, 5.41) is 65.1. The molecule has 33 nitrogen and oxygen atoms in total. The number of primary amides is 1. The highest BCUT2D eigenvalue weighted by atomic mass is 32.1. The second-order valence-corrected chi connectivity index (χ2v) is 28.3. The van der Waals surface area contributed by atoms with Gasteiger partial charge in [-0.2, -0.15) is 12.6 Å². The van der Waals surface area contributed by atoms with Gasteiger partial charge in [-0.05, 0) is 131 Å². The molecule has 0 spiro atoms. The van der Waals surface area contributed by atoms with Crippen LogP contribution < -0.4 is 86.7 Å². The average molecular weight is 1600 g/mol. The van der Waals surface area contributed by atoms with Gasteiger partial charge >= 0.3 is 0 Å². The summed E-state index contributed by atoms with van der Waals surface area (Å²) in [6.07, 6.45) is -0.213. The average Bonchev–Trinajstić information content (AvgIpc) is 1.62. The molecule has 0 aliphatic rings. The maximum atomic E-state index is 15.3. The molecule has 1 heterocycles. The molecule has 24 N–H and O–H groups in total. The van der Waals surface area contributed by atoms with Crippen LogP contribution in [0.5, 0.6) is 5.75 Å². The fourth-order valence-electron chi connectivity index (χ4n) is 12.4. The van der Waals surface area contributed by atoms with Crippen molar-refractivity contribution in [3.8, 4) is 5.75 Å². The van der Waals surface area contributed by atoms with Gasteiger partial charge in [-0.25, -0.2) is 0 Å². The molecule has 0 aliphatic carbocycles. The molecular weight excluding hydrogens is 1490 g/mol. The third-order valence-corrected chi connectivity index (χ3v) is 19.1. The van der Waals surface area contributed by atoms with Crippen LogP contribution in [-0.2, 0) is 94.4 Å². The summed E-state index contributed by atoms with van der Waals surface area (Å²) < 4.78 is 0. The van der Waals surface area contributed by atoms with Gasteiger partial charge in [-0.15, -0.1) is 0 Å². The molecule has 6 rings (SSSR count). The zero-order chi connectivity index (χ0) is 83.2. The lowest BCUT2D eigenvalue weighted by molar-refractivity contribution is -0.137. The minimum atomic E-state index is -1.85. The molecule has 0 unspecified atom stereocenters. The second kappa shape index (κ2) is 47.9. The van der Waals surface area contributed by atoms with Gasteiger partial charge < -0.3 is 107 Å². The quantitative estimate of drug-likeness (QED) is 0.0151. The first-order valence-corrected chi connectivity index (χ1v) is 38.6. The molecule has 34 heteroatoms. The number of carbonyl (C=O) groups is 13. The number of fused-ring (bicyclic) bond motifs is 1. The summed E-state index contributed by atoms with van der Waals surface area (Å²) in [5.41, 5.74) is 26.5. The molecule has 6 aromatic rings. The summed E-state index contributed by atoms with van der Waals surface area (Å²) >= 11 is 3.97. The molecule has 13 amide bonds. The van der Waals surface area contributed by atoms with Crippen molar-refractivity contribution in [2.45, 2.75) is 189 Å². The molecule has 0 saturated heterocycles. The number of amides is 13. The van der Waals surface area contributed by atoms with Gasteiger partial charge in [0.25, 0.3) is 0 Å². The smallest absolute Gasteiger partial charge is 0.245 e. The SMILES string of the molecule is CC(=O)N[C@H](Cc1ccccc1)C(=O)N[C@@H](Cc1ccccc1)C(=O)N[C@@H](Cc1ccc(O)cc1)C(=O)N[C@H](Cc1c[nH]c2ccccc12)C(=O)N[C@@H](CCCCN)C(=O)N[C@H](C(=O)N[C@@H](Cc1ccccc1)C(=O)N[C@H](C(=O)N[C@@H](CCCCN)C(=O)NCCCC[C@H](N)C(=O)NCC(=O)N[C@@H](CS)C(N)=O)[C@@H](C)O)[C@@H](C)O. The molecule has 1 aromatic heterocycles. The van der Waals surface area contributed by atoms with E-state index in [9.17, 15) is 68.1 Å². The molecule has 5 aromatic carbocycles. The van der Waals surface area contributed by atoms with Crippen LogP contribution in [0.3, 0.4) is 0 Å². The standard InChI is InChI=1S/C80H109N17O16S/c1-47(98)68(79(112)91-59(30-15-18-36-81)72(105)85-38-20-17-28-57(83)71(104)87-45-67(102)89-66(46-114)70(84)103)97-78(111)64(41-52-25-11-6-12-26-52)95-80(113)69(48(2)99)96-73(106)60(31-16-19-37-82)90-77(110)65(43-54-44-86-58-29-14-13-27-56(54)58)94-76(109)63(42-53-32-34-55(101)35-33-53)93-75(108)62(40-51-23-9-5-10-24-51)92-74(107)61(88-49(3)100)39-50-21-7-4-8-22-50/h4-14,21-27,29,32-35,44,47-48,57,59-66,68-69,86,98-99,101,114H,15-20,28,30-31,36-43,45-46,81-83H2,1-3H3,(H2,84,103)(H,85,105)(H,87,104)(H,88,100)(H,89,102)(H,90,110)(H,91,112)(H,92,107)(H,93,108)(H,94,109)(H,95,113)(H,96,106)(H,97,111)/t47-,48-,57+,59+,60+,61-,62+,63+,64+,65-,66+,68+,69+/m1/s1. The summed E-state index contributed by atoms with van der Waals surface area (Å²) in [5.74, 6) is -10.9. The zero-order valence-corrected chi connectivity index (χ0v) is 65.1. The van der Waals surface area contributed by atoms with E-state index in [0.29, 0.717) is 70.8 Å². The van der Waals surface area contributed by atoms with Crippen molar-refractivity contribution in [1.82, 2.24) is 68.8 Å². The van der Waals surface area contributed by atoms with Gasteiger partial charge in [0.2, 0.25) is 76.8 Å². The minimum Gasteiger partial charge on any atom is -0.508 e. The number of aromatic hydroxyl groups is 1. The first-order chi connectivity index (χ1) is 54.6. The number of para-hydroxylation sites is 1. The summed E-state index contributed by atoms with van der Waals surface area (Å²) in [6, 6.07) is 23.4. The number of aromatic amines is 1. The number of carbonyl (C=O) groups excluding carboxylic acids is 13. The molecule has 13 atom stereocenters. The molecule has 616 valence electrons. The fourth-order valence-corrected chi connectivity index (χ4v) is 12.7. The van der Waals surface area contributed by atoms with E-state index in [0.717, 1.165) is 0 Å². The zero-order valence-electron chi connectivity index (χ0n) is 64.2. The van der Waals surface area contributed by atoms with E-state index in [1.54, 1.807) is 121 Å². The van der Waals surface area contributed by atoms with Crippen LogP contribution in [0.1, 0.15) is 106 Å². The van der Waals surface area contributed by atoms with E-state index in [1.165, 1.54) is 45.0 Å². The number of aliphatic hydroxyl groups excluding tert-OH is 2. The summed E-state index contributed by atoms with van der Waals surface area (Å²) in [7, 11) is 0. The predicted octanol–water partition coefficient (Wildman–Crippen LogP) is -1.58. The number of phenolic OH excluding ortho intramolecular Hbond substituents is 1. The minimum absolute atomic E-state index is 0.0524. The number of thiol groups is 1. The van der Waals surface area contributed by atoms with Crippen LogP contribution in [-0.4, -0.2) is 208 Å². The highest BCUT2D eigenvalue weighted by Crippen LogP contribution is 2.21. The van der Waals surface area contributed by atoms with E-state index in [2.05, 4.69) is 81.4 Å². The fraction of sp³-hybridized carbons (Fsp3) is 0.438. The van der Waals surface area contributed by atoms with E-state index in [4.69, 9.17) is 22.9 Å². The molecule has 0 saturated carbocycles. The number of unbranched alkanes of at least 4 members (excludes halogenated alkanes) is 3. The second-order valence-electron chi connectivity index (χ2n) is 28.0. The number of aromatic nitrogens is 1. The first kappa shape index (κ1) is 91.6. The van der Waals surface area contributed by atoms with E-state index in [-0.39, 0.29) is 88.9 Å². The van der Waals surface area contributed by atoms with Crippen molar-refractivity contribution in [2.24, 2.45) is 22.9 Å². The Morgan fingerprint density at radius 2 is 0.798 bits per heavy atom. The number of hydrogen-bond donors (Lipinski definition) is 21. The highest BCUT2D eigenvalue weighted by molar-refractivity contribution is 7.80. The van der Waals surface area contributed by atoms with Crippen LogP contribution in [0.2, 0.25) is 0 Å². The van der Waals surface area contributed by atoms with Gasteiger partial charge in [-0.3, -0.25) is 62.3 Å². The van der Waals surface area contributed by atoms with Crippen molar-refractivity contribution in [3.05, 3.63) is 174 Å². The molecule has 0 aliphatic heterocycles. The van der Waals surface area contributed by atoms with Gasteiger partial charge in [0, 0.05) is 68.4 Å².